The quantitative estimate of drug-likeness (QED) is 0.308. The first kappa shape index (κ1) is 18.3. The Morgan fingerprint density at radius 1 is 1.30 bits per heavy atom. The molecule has 0 aliphatic heterocycles. The second kappa shape index (κ2) is 8.01. The van der Waals surface area contributed by atoms with Gasteiger partial charge in [0, 0.05) is 11.0 Å². The minimum Gasteiger partial charge on any atom is -0.495 e. The van der Waals surface area contributed by atoms with Gasteiger partial charge in [0.1, 0.15) is 11.6 Å². The molecule has 0 aromatic carbocycles. The predicted molar refractivity (Wildman–Crippen MR) is 72.9 cm³/mol. The highest BCUT2D eigenvalue weighted by Crippen LogP contribution is 2.29. The SMILES string of the molecule is COC(=O)C(C(=O)OC)[C@@H](C[N+](=O)[O-])c1ncc(OC)cc1F. The van der Waals surface area contributed by atoms with Gasteiger partial charge in [-0.3, -0.25) is 24.7 Å². The van der Waals surface area contributed by atoms with Gasteiger partial charge in [0.25, 0.3) is 0 Å². The Bertz CT molecular complexity index is 592. The lowest BCUT2D eigenvalue weighted by molar-refractivity contribution is -0.484. The fourth-order valence-corrected chi connectivity index (χ4v) is 2.00. The van der Waals surface area contributed by atoms with E-state index in [4.69, 9.17) is 4.74 Å². The first-order chi connectivity index (χ1) is 10.8. The zero-order valence-corrected chi connectivity index (χ0v) is 12.6. The molecule has 0 fully saturated rings. The van der Waals surface area contributed by atoms with Crippen molar-refractivity contribution in [2.75, 3.05) is 27.9 Å². The molecule has 23 heavy (non-hydrogen) atoms. The van der Waals surface area contributed by atoms with E-state index in [-0.39, 0.29) is 5.75 Å². The number of esters is 2. The van der Waals surface area contributed by atoms with Gasteiger partial charge in [0.15, 0.2) is 5.92 Å². The van der Waals surface area contributed by atoms with Crippen LogP contribution in [-0.4, -0.2) is 49.7 Å². The van der Waals surface area contributed by atoms with Crippen molar-refractivity contribution >= 4 is 11.9 Å². The maximum atomic E-state index is 14.2. The molecule has 0 unspecified atom stereocenters. The average Bonchev–Trinajstić information content (AvgIpc) is 2.53. The van der Waals surface area contributed by atoms with E-state index < -0.39 is 46.8 Å². The zero-order chi connectivity index (χ0) is 17.6. The summed E-state index contributed by atoms with van der Waals surface area (Å²) in [4.78, 5) is 37.5. The summed E-state index contributed by atoms with van der Waals surface area (Å²) in [6.07, 6.45) is 1.12. The van der Waals surface area contributed by atoms with Crippen molar-refractivity contribution in [2.24, 2.45) is 5.92 Å². The highest BCUT2D eigenvalue weighted by atomic mass is 19.1. The standard InChI is InChI=1S/C13H15FN2O7/c1-21-7-4-9(14)11(15-5-7)8(6-16(19)20)10(12(17)22-2)13(18)23-3/h4-5,8,10H,6H2,1-3H3/t8-/m1/s1. The van der Waals surface area contributed by atoms with Gasteiger partial charge in [-0.05, 0) is 0 Å². The van der Waals surface area contributed by atoms with E-state index in [0.29, 0.717) is 0 Å². The summed E-state index contributed by atoms with van der Waals surface area (Å²) in [7, 11) is 3.29. The monoisotopic (exact) mass is 330 g/mol. The van der Waals surface area contributed by atoms with Crippen molar-refractivity contribution in [2.45, 2.75) is 5.92 Å². The fraction of sp³-hybridized carbons (Fsp3) is 0.462. The topological polar surface area (TPSA) is 118 Å². The lowest BCUT2D eigenvalue weighted by Gasteiger charge is -2.20. The van der Waals surface area contributed by atoms with Crippen molar-refractivity contribution in [3.63, 3.8) is 0 Å². The lowest BCUT2D eigenvalue weighted by Crippen LogP contribution is -2.36. The summed E-state index contributed by atoms with van der Waals surface area (Å²) in [5.74, 6) is -6.24. The third kappa shape index (κ3) is 4.34. The molecule has 0 radical (unpaired) electrons. The average molecular weight is 330 g/mol. The van der Waals surface area contributed by atoms with Crippen molar-refractivity contribution in [3.8, 4) is 5.75 Å². The summed E-state index contributed by atoms with van der Waals surface area (Å²) in [6.45, 7) is -0.912. The van der Waals surface area contributed by atoms with E-state index in [1.54, 1.807) is 0 Å². The Balaban J connectivity index is 3.39. The molecule has 0 spiro atoms. The Labute approximate surface area is 130 Å². The molecule has 1 aromatic rings. The summed E-state index contributed by atoms with van der Waals surface area (Å²) < 4.78 is 27.9. The van der Waals surface area contributed by atoms with Gasteiger partial charge in [-0.1, -0.05) is 0 Å². The first-order valence-corrected chi connectivity index (χ1v) is 6.32. The molecule has 10 heteroatoms. The van der Waals surface area contributed by atoms with E-state index in [2.05, 4.69) is 14.5 Å². The van der Waals surface area contributed by atoms with Gasteiger partial charge in [0.2, 0.25) is 6.54 Å². The smallest absolute Gasteiger partial charge is 0.321 e. The minimum absolute atomic E-state index is 0.0822. The van der Waals surface area contributed by atoms with Gasteiger partial charge >= 0.3 is 11.9 Å². The molecule has 0 aliphatic carbocycles. The third-order valence-corrected chi connectivity index (χ3v) is 3.09. The molecule has 0 aliphatic rings. The molecule has 1 aromatic heterocycles. The maximum Gasteiger partial charge on any atom is 0.321 e. The van der Waals surface area contributed by atoms with Crippen molar-refractivity contribution in [3.05, 3.63) is 33.9 Å². The van der Waals surface area contributed by atoms with Gasteiger partial charge in [-0.2, -0.15) is 0 Å². The minimum atomic E-state index is -1.72. The number of hydrogen-bond acceptors (Lipinski definition) is 8. The number of carbonyl (C=O) groups is 2. The van der Waals surface area contributed by atoms with Crippen LogP contribution in [0.15, 0.2) is 12.3 Å². The largest absolute Gasteiger partial charge is 0.495 e. The molecular weight excluding hydrogens is 315 g/mol. The summed E-state index contributed by atoms with van der Waals surface area (Å²) in [6, 6.07) is 0.945. The van der Waals surface area contributed by atoms with Crippen LogP contribution in [0.4, 0.5) is 4.39 Å². The van der Waals surface area contributed by atoms with E-state index in [9.17, 15) is 24.1 Å². The van der Waals surface area contributed by atoms with Crippen molar-refractivity contribution < 1.29 is 33.1 Å². The molecule has 0 bridgehead atoms. The van der Waals surface area contributed by atoms with Crippen LogP contribution in [-0.2, 0) is 19.1 Å². The Kier molecular flexibility index (Phi) is 6.36. The number of methoxy groups -OCH3 is 3. The molecule has 0 saturated heterocycles. The van der Waals surface area contributed by atoms with Gasteiger partial charge in [0.05, 0.1) is 39.1 Å². The van der Waals surface area contributed by atoms with E-state index in [1.165, 1.54) is 7.11 Å². The van der Waals surface area contributed by atoms with Crippen LogP contribution < -0.4 is 4.74 Å². The third-order valence-electron chi connectivity index (χ3n) is 3.09. The number of halogens is 1. The molecule has 126 valence electrons. The highest BCUT2D eigenvalue weighted by Gasteiger charge is 2.43. The molecule has 0 amide bonds. The Morgan fingerprint density at radius 3 is 2.26 bits per heavy atom. The highest BCUT2D eigenvalue weighted by molar-refractivity contribution is 5.96. The Morgan fingerprint density at radius 2 is 1.87 bits per heavy atom. The lowest BCUT2D eigenvalue weighted by atomic mass is 9.88. The van der Waals surface area contributed by atoms with Crippen LogP contribution >= 0.6 is 0 Å². The molecule has 9 nitrogen and oxygen atoms in total. The number of nitro groups is 1. The second-order valence-corrected chi connectivity index (χ2v) is 4.39. The maximum absolute atomic E-state index is 14.2. The normalized spacial score (nSPS) is 11.7. The molecular formula is C13H15FN2O7. The number of nitrogens with zero attached hydrogens (tertiary/aromatic N) is 2. The van der Waals surface area contributed by atoms with Crippen LogP contribution in [0.3, 0.4) is 0 Å². The number of aromatic nitrogens is 1. The summed E-state index contributed by atoms with van der Waals surface area (Å²) >= 11 is 0. The van der Waals surface area contributed by atoms with Crippen LogP contribution in [0.2, 0.25) is 0 Å². The van der Waals surface area contributed by atoms with E-state index in [1.807, 2.05) is 0 Å². The van der Waals surface area contributed by atoms with Gasteiger partial charge < -0.3 is 14.2 Å². The van der Waals surface area contributed by atoms with Crippen LogP contribution in [0, 0.1) is 21.8 Å². The number of rotatable bonds is 7. The molecule has 0 N–H and O–H groups in total. The zero-order valence-electron chi connectivity index (χ0n) is 12.6. The molecule has 1 rings (SSSR count). The second-order valence-electron chi connectivity index (χ2n) is 4.39. The number of hydrogen-bond donors (Lipinski definition) is 0. The van der Waals surface area contributed by atoms with Gasteiger partial charge in [-0.15, -0.1) is 0 Å². The van der Waals surface area contributed by atoms with Crippen LogP contribution in [0.1, 0.15) is 11.6 Å². The molecule has 0 saturated carbocycles. The molecule has 1 atom stereocenters. The van der Waals surface area contributed by atoms with Gasteiger partial charge in [-0.25, -0.2) is 4.39 Å². The fourth-order valence-electron chi connectivity index (χ4n) is 2.00. The van der Waals surface area contributed by atoms with E-state index >= 15 is 0 Å². The first-order valence-electron chi connectivity index (χ1n) is 6.32. The Hall–Kier alpha value is -2.78. The van der Waals surface area contributed by atoms with E-state index in [0.717, 1.165) is 26.5 Å². The van der Waals surface area contributed by atoms with Crippen molar-refractivity contribution in [1.82, 2.24) is 4.98 Å². The molecule has 1 heterocycles. The van der Waals surface area contributed by atoms with Crippen molar-refractivity contribution in [1.29, 1.82) is 0 Å². The van der Waals surface area contributed by atoms with Crippen LogP contribution in [0.25, 0.3) is 0 Å². The number of ether oxygens (including phenoxy) is 3. The predicted octanol–water partition coefficient (Wildman–Crippen LogP) is 0.552. The number of carbonyl (C=O) groups excluding carboxylic acids is 2. The number of pyridine rings is 1. The summed E-state index contributed by atoms with van der Waals surface area (Å²) in [5, 5.41) is 10.9. The summed E-state index contributed by atoms with van der Waals surface area (Å²) in [5.41, 5.74) is -0.427. The van der Waals surface area contributed by atoms with Crippen LogP contribution in [0.5, 0.6) is 5.75 Å².